The van der Waals surface area contributed by atoms with Crippen molar-refractivity contribution >= 4 is 31.8 Å². The van der Waals surface area contributed by atoms with Crippen molar-refractivity contribution in [2.45, 2.75) is 85.6 Å². The fourth-order valence-electron chi connectivity index (χ4n) is 3.45. The number of unbranched alkanes of at least 4 members (excludes halogenated alkanes) is 1. The summed E-state index contributed by atoms with van der Waals surface area (Å²) in [5, 5.41) is 0. The van der Waals surface area contributed by atoms with Gasteiger partial charge in [0.25, 0.3) is 0 Å². The Morgan fingerprint density at radius 2 is 1.65 bits per heavy atom. The highest BCUT2D eigenvalue weighted by molar-refractivity contribution is 6.26. The SMILES string of the molecule is COC(=O)C(C)(C)CC(CC=O)CCCCC(C)(C)C(O[SiH2]C)O[SiH2]C. The Bertz CT molecular complexity index is 407. The normalized spacial score (nSPS) is 15.7. The second kappa shape index (κ2) is 12.8. The largest absolute Gasteiger partial charge is 0.469 e. The van der Waals surface area contributed by atoms with E-state index in [0.717, 1.165) is 32.0 Å². The molecule has 7 heteroatoms. The van der Waals surface area contributed by atoms with Crippen molar-refractivity contribution < 1.29 is 23.2 Å². The summed E-state index contributed by atoms with van der Waals surface area (Å²) in [7, 11) is 0.422. The monoisotopic (exact) mass is 404 g/mol. The van der Waals surface area contributed by atoms with E-state index in [2.05, 4.69) is 26.9 Å². The highest BCUT2D eigenvalue weighted by Crippen LogP contribution is 2.34. The van der Waals surface area contributed by atoms with Gasteiger partial charge in [-0.25, -0.2) is 0 Å². The molecule has 0 radical (unpaired) electrons. The number of rotatable bonds is 15. The first-order valence-electron chi connectivity index (χ1n) is 9.89. The van der Waals surface area contributed by atoms with Crippen molar-refractivity contribution in [1.82, 2.24) is 0 Å². The van der Waals surface area contributed by atoms with Crippen molar-refractivity contribution in [1.29, 1.82) is 0 Å². The van der Waals surface area contributed by atoms with Crippen LogP contribution < -0.4 is 0 Å². The van der Waals surface area contributed by atoms with Gasteiger partial charge < -0.3 is 18.4 Å². The average Bonchev–Trinajstić information content (AvgIpc) is 2.57. The Morgan fingerprint density at radius 1 is 1.08 bits per heavy atom. The number of hydrogen-bond acceptors (Lipinski definition) is 5. The van der Waals surface area contributed by atoms with Crippen LogP contribution in [-0.2, 0) is 23.2 Å². The molecule has 0 aliphatic carbocycles. The molecule has 0 saturated heterocycles. The number of methoxy groups -OCH3 is 1. The van der Waals surface area contributed by atoms with Gasteiger partial charge in [-0.05, 0) is 39.0 Å². The molecule has 0 heterocycles. The van der Waals surface area contributed by atoms with Crippen LogP contribution >= 0.6 is 0 Å². The summed E-state index contributed by atoms with van der Waals surface area (Å²) in [5.41, 5.74) is -0.538. The average molecular weight is 405 g/mol. The van der Waals surface area contributed by atoms with Crippen LogP contribution in [0.4, 0.5) is 0 Å². The number of esters is 1. The Morgan fingerprint density at radius 3 is 2.12 bits per heavy atom. The first kappa shape index (κ1) is 25.5. The van der Waals surface area contributed by atoms with Crippen molar-refractivity contribution in [3.05, 3.63) is 0 Å². The lowest BCUT2D eigenvalue weighted by molar-refractivity contribution is -0.152. The summed E-state index contributed by atoms with van der Waals surface area (Å²) < 4.78 is 16.7. The molecule has 0 spiro atoms. The second-order valence-electron chi connectivity index (χ2n) is 8.32. The lowest BCUT2D eigenvalue weighted by Gasteiger charge is -2.34. The molecule has 5 nitrogen and oxygen atoms in total. The van der Waals surface area contributed by atoms with Crippen molar-refractivity contribution in [2.24, 2.45) is 16.7 Å². The third-order valence-electron chi connectivity index (χ3n) is 4.92. The van der Waals surface area contributed by atoms with Crippen LogP contribution in [0.5, 0.6) is 0 Å². The quantitative estimate of drug-likeness (QED) is 0.138. The van der Waals surface area contributed by atoms with E-state index in [-0.39, 0.29) is 23.6 Å². The van der Waals surface area contributed by atoms with E-state index >= 15 is 0 Å². The summed E-state index contributed by atoms with van der Waals surface area (Å²) >= 11 is 0. The maximum atomic E-state index is 11.9. The number of carbonyl (C=O) groups excluding carboxylic acids is 2. The minimum Gasteiger partial charge on any atom is -0.469 e. The van der Waals surface area contributed by atoms with E-state index in [1.54, 1.807) is 0 Å². The molecule has 1 atom stereocenters. The van der Waals surface area contributed by atoms with Crippen LogP contribution in [0.25, 0.3) is 0 Å². The molecule has 0 aliphatic heterocycles. The van der Waals surface area contributed by atoms with Crippen molar-refractivity contribution in [2.75, 3.05) is 7.11 Å². The topological polar surface area (TPSA) is 61.8 Å². The maximum absolute atomic E-state index is 11.9. The zero-order valence-corrected chi connectivity index (χ0v) is 20.8. The minimum absolute atomic E-state index is 0.0114. The molecule has 0 amide bonds. The van der Waals surface area contributed by atoms with Gasteiger partial charge in [-0.15, -0.1) is 0 Å². The fraction of sp³-hybridized carbons (Fsp3) is 0.895. The highest BCUT2D eigenvalue weighted by atomic mass is 28.2. The predicted octanol–water partition coefficient (Wildman–Crippen LogP) is 2.99. The summed E-state index contributed by atoms with van der Waals surface area (Å²) in [5.74, 6) is 0.0123. The first-order chi connectivity index (χ1) is 12.1. The summed E-state index contributed by atoms with van der Waals surface area (Å²) in [6.07, 6.45) is 6.18. The minimum atomic E-state index is -0.550. The molecule has 0 fully saturated rings. The van der Waals surface area contributed by atoms with Gasteiger partial charge in [-0.3, -0.25) is 4.79 Å². The standard InChI is InChI=1S/C19H40O5Si2/c1-18(2,17(23-25-6)24-26-7)12-9-8-10-15(11-13-20)14-19(3,4)16(21)22-5/h13,15,17H,8-12,14,25-26H2,1-7H3. The van der Waals surface area contributed by atoms with Crippen LogP contribution in [0.1, 0.15) is 66.2 Å². The van der Waals surface area contributed by atoms with Gasteiger partial charge in [0.15, 0.2) is 19.5 Å². The first-order valence-corrected chi connectivity index (χ1v) is 13.9. The highest BCUT2D eigenvalue weighted by Gasteiger charge is 2.32. The Labute approximate surface area is 164 Å². The third-order valence-corrected chi connectivity index (χ3v) is 6.20. The zero-order valence-electron chi connectivity index (χ0n) is 17.9. The van der Waals surface area contributed by atoms with E-state index in [1.807, 2.05) is 13.8 Å². The smallest absolute Gasteiger partial charge is 0.311 e. The molecule has 0 aromatic heterocycles. The zero-order chi connectivity index (χ0) is 20.2. The summed E-state index contributed by atoms with van der Waals surface area (Å²) in [6, 6.07) is 0. The van der Waals surface area contributed by atoms with Gasteiger partial charge in [-0.2, -0.15) is 0 Å². The number of carbonyl (C=O) groups is 2. The van der Waals surface area contributed by atoms with Crippen LogP contribution in [0, 0.1) is 16.7 Å². The van der Waals surface area contributed by atoms with E-state index in [4.69, 9.17) is 13.6 Å². The van der Waals surface area contributed by atoms with Crippen LogP contribution in [-0.4, -0.2) is 45.2 Å². The fourth-order valence-corrected chi connectivity index (χ4v) is 5.35. The van der Waals surface area contributed by atoms with E-state index in [9.17, 15) is 9.59 Å². The molecule has 0 rings (SSSR count). The molecule has 0 bridgehead atoms. The molecule has 0 aromatic carbocycles. The van der Waals surface area contributed by atoms with Crippen LogP contribution in [0.2, 0.25) is 13.1 Å². The lowest BCUT2D eigenvalue weighted by atomic mass is 9.79. The summed E-state index contributed by atoms with van der Waals surface area (Å²) in [6.45, 7) is 12.5. The van der Waals surface area contributed by atoms with Gasteiger partial charge in [-0.1, -0.05) is 39.8 Å². The van der Waals surface area contributed by atoms with E-state index < -0.39 is 24.9 Å². The Kier molecular flexibility index (Phi) is 12.6. The molecule has 1 unspecified atom stereocenters. The lowest BCUT2D eigenvalue weighted by Crippen LogP contribution is -2.36. The van der Waals surface area contributed by atoms with E-state index in [1.165, 1.54) is 7.11 Å². The third kappa shape index (κ3) is 9.44. The molecule has 154 valence electrons. The Hall–Kier alpha value is -0.506. The molecular formula is C19H40O5Si2. The van der Waals surface area contributed by atoms with E-state index in [0.29, 0.717) is 12.8 Å². The number of aldehydes is 1. The van der Waals surface area contributed by atoms with Gasteiger partial charge in [0.2, 0.25) is 0 Å². The van der Waals surface area contributed by atoms with Gasteiger partial charge in [0.05, 0.1) is 12.5 Å². The second-order valence-corrected chi connectivity index (χ2v) is 10.1. The number of ether oxygens (including phenoxy) is 1. The molecular weight excluding hydrogens is 364 g/mol. The van der Waals surface area contributed by atoms with Crippen LogP contribution in [0.3, 0.4) is 0 Å². The molecule has 0 aliphatic rings. The molecule has 0 saturated carbocycles. The maximum Gasteiger partial charge on any atom is 0.311 e. The van der Waals surface area contributed by atoms with Gasteiger partial charge in [0.1, 0.15) is 12.6 Å². The van der Waals surface area contributed by atoms with Crippen LogP contribution in [0.15, 0.2) is 0 Å². The number of hydrogen-bond donors (Lipinski definition) is 0. The van der Waals surface area contributed by atoms with Gasteiger partial charge >= 0.3 is 5.97 Å². The molecule has 26 heavy (non-hydrogen) atoms. The van der Waals surface area contributed by atoms with Gasteiger partial charge in [0, 0.05) is 11.8 Å². The molecule has 0 aromatic rings. The Balaban J connectivity index is 4.54. The summed E-state index contributed by atoms with van der Waals surface area (Å²) in [4.78, 5) is 22.9. The van der Waals surface area contributed by atoms with Crippen molar-refractivity contribution in [3.63, 3.8) is 0 Å². The van der Waals surface area contributed by atoms with Crippen molar-refractivity contribution in [3.8, 4) is 0 Å². The molecule has 0 N–H and O–H groups in total. The predicted molar refractivity (Wildman–Crippen MR) is 112 cm³/mol.